The van der Waals surface area contributed by atoms with Crippen LogP contribution in [-0.4, -0.2) is 67.0 Å². The summed E-state index contributed by atoms with van der Waals surface area (Å²) in [5, 5.41) is 16.2. The van der Waals surface area contributed by atoms with Gasteiger partial charge in [-0.3, -0.25) is 15.2 Å². The Kier molecular flexibility index (Phi) is 8.76. The molecule has 0 saturated carbocycles. The van der Waals surface area contributed by atoms with Crippen molar-refractivity contribution < 1.29 is 41.0 Å². The largest absolute Gasteiger partial charge is 0.497 e. The van der Waals surface area contributed by atoms with Gasteiger partial charge in [-0.1, -0.05) is 12.1 Å². The topological polar surface area (TPSA) is 176 Å². The average molecular weight is 568 g/mol. The number of amides is 1. The summed E-state index contributed by atoms with van der Waals surface area (Å²) in [6.45, 7) is 0.703. The Hall–Kier alpha value is -4.24. The van der Waals surface area contributed by atoms with E-state index in [1.807, 2.05) is 12.1 Å². The van der Waals surface area contributed by atoms with Gasteiger partial charge in [0.1, 0.15) is 23.3 Å². The lowest BCUT2D eigenvalue weighted by Gasteiger charge is -2.18. The number of nitrogens with two attached hydrogens (primary N) is 1. The molecule has 0 aliphatic carbocycles. The van der Waals surface area contributed by atoms with Crippen LogP contribution in [0.5, 0.6) is 5.75 Å². The molecule has 1 atom stereocenters. The lowest BCUT2D eigenvalue weighted by molar-refractivity contribution is -0.192. The van der Waals surface area contributed by atoms with Crippen molar-refractivity contribution in [2.45, 2.75) is 30.1 Å². The van der Waals surface area contributed by atoms with Crippen LogP contribution in [0.15, 0.2) is 59.6 Å². The van der Waals surface area contributed by atoms with E-state index in [0.29, 0.717) is 24.4 Å². The number of carbonyl (C=O) groups excluding carboxylic acids is 1. The van der Waals surface area contributed by atoms with Crippen LogP contribution in [0.25, 0.3) is 10.8 Å². The third-order valence-corrected chi connectivity index (χ3v) is 7.11. The molecule has 11 nitrogen and oxygen atoms in total. The van der Waals surface area contributed by atoms with Crippen molar-refractivity contribution in [3.05, 3.63) is 66.0 Å². The minimum absolute atomic E-state index is 0.0877. The van der Waals surface area contributed by atoms with E-state index < -0.39 is 28.2 Å². The van der Waals surface area contributed by atoms with Gasteiger partial charge >= 0.3 is 12.1 Å². The van der Waals surface area contributed by atoms with E-state index >= 15 is 0 Å². The number of nitrogens with one attached hydrogen (secondary N) is 2. The number of nitrogen functional groups attached to an aromatic ring is 1. The first-order valence-electron chi connectivity index (χ1n) is 11.2. The highest BCUT2D eigenvalue weighted by atomic mass is 32.2. The number of halogens is 3. The number of nitrogens with zero attached hydrogens (tertiary/aromatic N) is 2. The second-order valence-corrected chi connectivity index (χ2v) is 10.1. The van der Waals surface area contributed by atoms with Crippen molar-refractivity contribution in [3.63, 3.8) is 0 Å². The number of benzene rings is 2. The summed E-state index contributed by atoms with van der Waals surface area (Å²) in [5.74, 6) is -2.58. The molecule has 1 aliphatic rings. The SMILES string of the molecule is COc1ccc2ccc(S(=O)(=O)NC3CCN(Cc4ccnc(C(=N)N)c4)C3=O)cc2c1.O=C(O)C(F)(F)F. The summed E-state index contributed by atoms with van der Waals surface area (Å²) in [5.41, 5.74) is 6.57. The molecule has 0 radical (unpaired) electrons. The van der Waals surface area contributed by atoms with E-state index in [4.69, 9.17) is 25.8 Å². The van der Waals surface area contributed by atoms with Crippen LogP contribution in [0, 0.1) is 5.41 Å². The van der Waals surface area contributed by atoms with Gasteiger partial charge in [-0.15, -0.1) is 0 Å². The van der Waals surface area contributed by atoms with Gasteiger partial charge in [-0.05, 0) is 59.2 Å². The fourth-order valence-electron chi connectivity index (χ4n) is 3.70. The predicted octanol–water partition coefficient (Wildman–Crippen LogP) is 2.24. The number of pyridine rings is 1. The standard InChI is InChI=1S/C22H23N5O4S.C2HF3O2/c1-31-17-4-2-15-3-5-18(12-16(15)11-17)32(29,30)26-19-7-9-27(22(19)28)13-14-6-8-25-20(10-14)21(23)24;3-2(4,5)1(6)7/h2-6,8,10-12,19,26H,7,9,13H2,1H3,(H3,23,24);(H,6,7). The van der Waals surface area contributed by atoms with Gasteiger partial charge in [0.15, 0.2) is 0 Å². The molecule has 1 saturated heterocycles. The van der Waals surface area contributed by atoms with Crippen molar-refractivity contribution in [1.29, 1.82) is 5.41 Å². The Bertz CT molecular complexity index is 1510. The van der Waals surface area contributed by atoms with E-state index in [0.717, 1.165) is 16.3 Å². The van der Waals surface area contributed by atoms with Crippen LogP contribution >= 0.6 is 0 Å². The maximum Gasteiger partial charge on any atom is 0.490 e. The zero-order valence-electron chi connectivity index (χ0n) is 20.4. The second kappa shape index (κ2) is 11.7. The van der Waals surface area contributed by atoms with Crippen molar-refractivity contribution in [3.8, 4) is 5.75 Å². The molecule has 5 N–H and O–H groups in total. The second-order valence-electron chi connectivity index (χ2n) is 8.36. The molecule has 1 fully saturated rings. The van der Waals surface area contributed by atoms with Crippen molar-refractivity contribution in [2.75, 3.05) is 13.7 Å². The maximum absolute atomic E-state index is 13.0. The fraction of sp³-hybridized carbons (Fsp3) is 0.250. The summed E-state index contributed by atoms with van der Waals surface area (Å²) >= 11 is 0. The van der Waals surface area contributed by atoms with E-state index in [9.17, 15) is 26.4 Å². The number of likely N-dealkylation sites (tertiary alicyclic amines) is 1. The molecule has 15 heteroatoms. The van der Waals surface area contributed by atoms with E-state index in [-0.39, 0.29) is 23.2 Å². The molecule has 0 bridgehead atoms. The van der Waals surface area contributed by atoms with Gasteiger partial charge < -0.3 is 20.5 Å². The smallest absolute Gasteiger partial charge is 0.490 e. The van der Waals surface area contributed by atoms with Gasteiger partial charge in [-0.2, -0.15) is 17.9 Å². The van der Waals surface area contributed by atoms with Crippen LogP contribution in [-0.2, 0) is 26.2 Å². The van der Waals surface area contributed by atoms with Crippen LogP contribution in [0.2, 0.25) is 0 Å². The highest BCUT2D eigenvalue weighted by Crippen LogP contribution is 2.25. The Morgan fingerprint density at radius 3 is 2.49 bits per heavy atom. The molecule has 2 aromatic carbocycles. The third kappa shape index (κ3) is 7.42. The number of alkyl halides is 3. The summed E-state index contributed by atoms with van der Waals surface area (Å²) in [4.78, 5) is 27.4. The Morgan fingerprint density at radius 2 is 1.87 bits per heavy atom. The highest BCUT2D eigenvalue weighted by Gasteiger charge is 2.38. The number of methoxy groups -OCH3 is 1. The molecule has 1 aromatic heterocycles. The number of ether oxygens (including phenoxy) is 1. The number of carbonyl (C=O) groups is 2. The number of hydrogen-bond donors (Lipinski definition) is 4. The third-order valence-electron chi connectivity index (χ3n) is 5.64. The number of rotatable bonds is 7. The number of sulfonamides is 1. The predicted molar refractivity (Wildman–Crippen MR) is 134 cm³/mol. The van der Waals surface area contributed by atoms with E-state index in [1.165, 1.54) is 12.3 Å². The average Bonchev–Trinajstić information content (AvgIpc) is 3.21. The molecule has 3 aromatic rings. The molecule has 1 amide bonds. The first kappa shape index (κ1) is 29.3. The van der Waals surface area contributed by atoms with Crippen LogP contribution in [0.4, 0.5) is 13.2 Å². The molecule has 2 heterocycles. The van der Waals surface area contributed by atoms with Gasteiger partial charge in [0.2, 0.25) is 15.9 Å². The van der Waals surface area contributed by atoms with Gasteiger partial charge in [-0.25, -0.2) is 13.2 Å². The van der Waals surface area contributed by atoms with Gasteiger partial charge in [0, 0.05) is 19.3 Å². The molecule has 1 aliphatic heterocycles. The van der Waals surface area contributed by atoms with Crippen molar-refractivity contribution in [1.82, 2.24) is 14.6 Å². The molecule has 0 spiro atoms. The minimum atomic E-state index is -5.08. The quantitative estimate of drug-likeness (QED) is 0.248. The molecular weight excluding hydrogens is 543 g/mol. The summed E-state index contributed by atoms with van der Waals surface area (Å²) in [7, 11) is -2.35. The fourth-order valence-corrected chi connectivity index (χ4v) is 4.96. The zero-order valence-corrected chi connectivity index (χ0v) is 21.2. The first-order chi connectivity index (χ1) is 18.2. The zero-order chi connectivity index (χ0) is 29.0. The van der Waals surface area contributed by atoms with Gasteiger partial charge in [0.05, 0.1) is 12.0 Å². The lowest BCUT2D eigenvalue weighted by atomic mass is 10.1. The van der Waals surface area contributed by atoms with Crippen LogP contribution in [0.1, 0.15) is 17.7 Å². The van der Waals surface area contributed by atoms with E-state index in [1.54, 1.807) is 42.3 Å². The number of fused-ring (bicyclic) bond motifs is 1. The Morgan fingerprint density at radius 1 is 1.21 bits per heavy atom. The monoisotopic (exact) mass is 567 g/mol. The lowest BCUT2D eigenvalue weighted by Crippen LogP contribution is -2.41. The number of amidine groups is 1. The molecule has 208 valence electrons. The van der Waals surface area contributed by atoms with Crippen LogP contribution in [0.3, 0.4) is 0 Å². The number of carboxylic acid groups (broad SMARTS) is 1. The Labute approximate surface area is 220 Å². The van der Waals surface area contributed by atoms with Gasteiger partial charge in [0.25, 0.3) is 0 Å². The Balaban J connectivity index is 0.000000532. The summed E-state index contributed by atoms with van der Waals surface area (Å²) in [6, 6.07) is 12.8. The number of carboxylic acids is 1. The minimum Gasteiger partial charge on any atom is -0.497 e. The summed E-state index contributed by atoms with van der Waals surface area (Å²) < 4.78 is 65.4. The highest BCUT2D eigenvalue weighted by molar-refractivity contribution is 7.89. The number of aromatic nitrogens is 1. The normalized spacial score (nSPS) is 15.5. The first-order valence-corrected chi connectivity index (χ1v) is 12.7. The molecule has 4 rings (SSSR count). The summed E-state index contributed by atoms with van der Waals surface area (Å²) in [6.07, 6.45) is -3.19. The number of aliphatic carboxylic acids is 1. The molecule has 39 heavy (non-hydrogen) atoms. The molecule has 1 unspecified atom stereocenters. The molecular formula is C24H24F3N5O6S. The van der Waals surface area contributed by atoms with Crippen LogP contribution < -0.4 is 15.2 Å². The van der Waals surface area contributed by atoms with Crippen molar-refractivity contribution in [2.24, 2.45) is 5.73 Å². The maximum atomic E-state index is 13.0. The van der Waals surface area contributed by atoms with E-state index in [2.05, 4.69) is 9.71 Å². The number of hydrogen-bond acceptors (Lipinski definition) is 7. The van der Waals surface area contributed by atoms with Crippen molar-refractivity contribution >= 4 is 38.5 Å².